The molecule has 0 aliphatic carbocycles. The van der Waals surface area contributed by atoms with Gasteiger partial charge in [0.15, 0.2) is 0 Å². The number of nitrogens with zero attached hydrogens (tertiary/aromatic N) is 1. The molecule has 1 aromatic carbocycles. The summed E-state index contributed by atoms with van der Waals surface area (Å²) in [7, 11) is 2.12. The first-order valence-corrected chi connectivity index (χ1v) is 6.06. The van der Waals surface area contributed by atoms with Crippen LogP contribution in [0.2, 0.25) is 0 Å². The van der Waals surface area contributed by atoms with E-state index >= 15 is 0 Å². The molecular formula is C14H20N2O. The van der Waals surface area contributed by atoms with Crippen LogP contribution < -0.4 is 5.73 Å². The van der Waals surface area contributed by atoms with E-state index in [9.17, 15) is 0 Å². The molecule has 1 aromatic heterocycles. The van der Waals surface area contributed by atoms with Gasteiger partial charge in [0.25, 0.3) is 0 Å². The third kappa shape index (κ3) is 3.08. The largest absolute Gasteiger partial charge is 0.464 e. The van der Waals surface area contributed by atoms with Crippen molar-refractivity contribution in [3.8, 4) is 0 Å². The van der Waals surface area contributed by atoms with Gasteiger partial charge in [-0.25, -0.2) is 0 Å². The van der Waals surface area contributed by atoms with E-state index in [0.29, 0.717) is 0 Å². The van der Waals surface area contributed by atoms with Crippen LogP contribution in [0.25, 0.3) is 11.0 Å². The number of furan rings is 1. The highest BCUT2D eigenvalue weighted by Gasteiger charge is 2.08. The summed E-state index contributed by atoms with van der Waals surface area (Å²) in [6.07, 6.45) is 2.87. The van der Waals surface area contributed by atoms with E-state index in [1.165, 1.54) is 10.9 Å². The maximum absolute atomic E-state index is 5.76. The number of benzene rings is 1. The van der Waals surface area contributed by atoms with Crippen molar-refractivity contribution in [2.24, 2.45) is 5.73 Å². The van der Waals surface area contributed by atoms with Crippen LogP contribution in [0.5, 0.6) is 0 Å². The summed E-state index contributed by atoms with van der Waals surface area (Å²) in [5, 5.41) is 1.21. The van der Waals surface area contributed by atoms with Crippen LogP contribution in [-0.4, -0.2) is 24.5 Å². The molecular weight excluding hydrogens is 212 g/mol. The Balaban J connectivity index is 2.03. The van der Waals surface area contributed by atoms with Crippen LogP contribution in [0, 0.1) is 0 Å². The molecule has 0 aliphatic rings. The molecule has 0 fully saturated rings. The molecule has 0 aliphatic heterocycles. The molecule has 0 amide bonds. The van der Waals surface area contributed by atoms with Gasteiger partial charge >= 0.3 is 0 Å². The summed E-state index contributed by atoms with van der Waals surface area (Å²) in [6, 6.07) is 8.41. The number of fused-ring (bicyclic) bond motifs is 1. The molecule has 1 heterocycles. The quantitative estimate of drug-likeness (QED) is 0.861. The lowest BCUT2D eigenvalue weighted by Crippen LogP contribution is -2.25. The van der Waals surface area contributed by atoms with E-state index in [1.54, 1.807) is 0 Å². The van der Waals surface area contributed by atoms with Crippen molar-refractivity contribution < 1.29 is 4.42 Å². The molecule has 92 valence electrons. The summed E-state index contributed by atoms with van der Waals surface area (Å²) in [5.74, 6) is 0. The van der Waals surface area contributed by atoms with Gasteiger partial charge < -0.3 is 15.1 Å². The van der Waals surface area contributed by atoms with E-state index in [4.69, 9.17) is 10.2 Å². The van der Waals surface area contributed by atoms with Crippen LogP contribution >= 0.6 is 0 Å². The van der Waals surface area contributed by atoms with Gasteiger partial charge in [0.05, 0.1) is 6.26 Å². The summed E-state index contributed by atoms with van der Waals surface area (Å²) >= 11 is 0. The molecule has 3 heteroatoms. The predicted octanol–water partition coefficient (Wildman–Crippen LogP) is 2.60. The second kappa shape index (κ2) is 5.34. The van der Waals surface area contributed by atoms with Crippen molar-refractivity contribution in [1.82, 2.24) is 4.90 Å². The van der Waals surface area contributed by atoms with Gasteiger partial charge in [-0.3, -0.25) is 0 Å². The van der Waals surface area contributed by atoms with Crippen LogP contribution in [-0.2, 0) is 6.54 Å². The molecule has 17 heavy (non-hydrogen) atoms. The molecule has 2 aromatic rings. The Kier molecular flexibility index (Phi) is 3.82. The smallest absolute Gasteiger partial charge is 0.134 e. The molecule has 0 saturated carbocycles. The molecule has 0 radical (unpaired) electrons. The Hall–Kier alpha value is -1.32. The van der Waals surface area contributed by atoms with E-state index in [0.717, 1.165) is 25.1 Å². The van der Waals surface area contributed by atoms with Gasteiger partial charge in [0.2, 0.25) is 0 Å². The Labute approximate surface area is 102 Å². The van der Waals surface area contributed by atoms with E-state index in [-0.39, 0.29) is 6.04 Å². The minimum Gasteiger partial charge on any atom is -0.464 e. The topological polar surface area (TPSA) is 42.4 Å². The lowest BCUT2D eigenvalue weighted by Gasteiger charge is -2.16. The van der Waals surface area contributed by atoms with Crippen molar-refractivity contribution in [3.63, 3.8) is 0 Å². The Morgan fingerprint density at radius 2 is 2.12 bits per heavy atom. The number of rotatable bonds is 5. The molecule has 0 spiro atoms. The normalized spacial score (nSPS) is 13.4. The molecule has 2 N–H and O–H groups in total. The highest BCUT2D eigenvalue weighted by molar-refractivity contribution is 5.80. The second-order valence-corrected chi connectivity index (χ2v) is 4.76. The average Bonchev–Trinajstić information content (AvgIpc) is 2.70. The first-order chi connectivity index (χ1) is 8.16. The first-order valence-electron chi connectivity index (χ1n) is 6.06. The zero-order valence-electron chi connectivity index (χ0n) is 10.5. The summed E-state index contributed by atoms with van der Waals surface area (Å²) < 4.78 is 5.52. The van der Waals surface area contributed by atoms with Crippen molar-refractivity contribution in [1.29, 1.82) is 0 Å². The van der Waals surface area contributed by atoms with Crippen molar-refractivity contribution in [2.75, 3.05) is 13.6 Å². The minimum atomic E-state index is 0.263. The third-order valence-electron chi connectivity index (χ3n) is 2.97. The van der Waals surface area contributed by atoms with E-state index in [2.05, 4.69) is 18.0 Å². The van der Waals surface area contributed by atoms with Crippen molar-refractivity contribution in [3.05, 3.63) is 36.1 Å². The van der Waals surface area contributed by atoms with Crippen LogP contribution in [0.15, 0.2) is 34.9 Å². The fraction of sp³-hybridized carbons (Fsp3) is 0.429. The summed E-state index contributed by atoms with van der Waals surface area (Å²) in [6.45, 7) is 3.96. The van der Waals surface area contributed by atoms with Crippen LogP contribution in [0.4, 0.5) is 0 Å². The fourth-order valence-electron chi connectivity index (χ4n) is 1.95. The lowest BCUT2D eigenvalue weighted by molar-refractivity contribution is 0.313. The zero-order valence-corrected chi connectivity index (χ0v) is 10.5. The Morgan fingerprint density at radius 1 is 1.35 bits per heavy atom. The molecule has 2 rings (SSSR count). The van der Waals surface area contributed by atoms with Gasteiger partial charge in [-0.1, -0.05) is 18.2 Å². The molecule has 3 nitrogen and oxygen atoms in total. The SMILES string of the molecule is CC(N)CCN(C)Cc1coc2ccccc12. The summed E-state index contributed by atoms with van der Waals surface area (Å²) in [5.41, 5.74) is 7.96. The maximum atomic E-state index is 5.76. The number of para-hydroxylation sites is 1. The number of hydrogen-bond donors (Lipinski definition) is 1. The Bertz CT molecular complexity index is 476. The molecule has 1 atom stereocenters. The van der Waals surface area contributed by atoms with Gasteiger partial charge in [0, 0.05) is 23.5 Å². The monoisotopic (exact) mass is 232 g/mol. The summed E-state index contributed by atoms with van der Waals surface area (Å²) in [4.78, 5) is 2.28. The number of hydrogen-bond acceptors (Lipinski definition) is 3. The highest BCUT2D eigenvalue weighted by Crippen LogP contribution is 2.21. The van der Waals surface area contributed by atoms with Crippen LogP contribution in [0.3, 0.4) is 0 Å². The van der Waals surface area contributed by atoms with E-state index in [1.807, 2.05) is 31.4 Å². The second-order valence-electron chi connectivity index (χ2n) is 4.76. The highest BCUT2D eigenvalue weighted by atomic mass is 16.3. The van der Waals surface area contributed by atoms with E-state index < -0.39 is 0 Å². The van der Waals surface area contributed by atoms with Crippen molar-refractivity contribution in [2.45, 2.75) is 25.9 Å². The van der Waals surface area contributed by atoms with Crippen molar-refractivity contribution >= 4 is 11.0 Å². The lowest BCUT2D eigenvalue weighted by atomic mass is 10.1. The molecule has 0 saturated heterocycles. The third-order valence-corrected chi connectivity index (χ3v) is 2.97. The van der Waals surface area contributed by atoms with Gasteiger partial charge in [0.1, 0.15) is 5.58 Å². The molecule has 1 unspecified atom stereocenters. The van der Waals surface area contributed by atoms with Crippen LogP contribution in [0.1, 0.15) is 18.9 Å². The predicted molar refractivity (Wildman–Crippen MR) is 70.8 cm³/mol. The zero-order chi connectivity index (χ0) is 12.3. The molecule has 0 bridgehead atoms. The number of nitrogens with two attached hydrogens (primary N) is 1. The van der Waals surface area contributed by atoms with Gasteiger partial charge in [-0.15, -0.1) is 0 Å². The fourth-order valence-corrected chi connectivity index (χ4v) is 1.95. The Morgan fingerprint density at radius 3 is 2.88 bits per heavy atom. The first kappa shape index (κ1) is 12.1. The maximum Gasteiger partial charge on any atom is 0.134 e. The average molecular weight is 232 g/mol. The standard InChI is InChI=1S/C14H20N2O/c1-11(15)7-8-16(2)9-12-10-17-14-6-4-3-5-13(12)14/h3-6,10-11H,7-9,15H2,1-2H3. The van der Waals surface area contributed by atoms with Gasteiger partial charge in [-0.2, -0.15) is 0 Å². The minimum absolute atomic E-state index is 0.263. The van der Waals surface area contributed by atoms with Gasteiger partial charge in [-0.05, 0) is 33.0 Å².